The van der Waals surface area contributed by atoms with Crippen LogP contribution in [0.2, 0.25) is 0 Å². The molecule has 0 bridgehead atoms. The van der Waals surface area contributed by atoms with Gasteiger partial charge in [-0.3, -0.25) is 9.59 Å². The van der Waals surface area contributed by atoms with E-state index >= 15 is 0 Å². The van der Waals surface area contributed by atoms with Crippen molar-refractivity contribution in [3.05, 3.63) is 0 Å². The normalized spacial score (nSPS) is 15.7. The summed E-state index contributed by atoms with van der Waals surface area (Å²) in [4.78, 5) is 22.2. The van der Waals surface area contributed by atoms with Crippen molar-refractivity contribution in [2.24, 2.45) is 0 Å². The summed E-state index contributed by atoms with van der Waals surface area (Å²) in [7, 11) is 1.49. The number of carbonyl (C=O) groups excluding carboxylic acids is 1. The van der Waals surface area contributed by atoms with Crippen molar-refractivity contribution >= 4 is 40.6 Å². The number of amides is 1. The lowest BCUT2D eigenvalue weighted by Crippen LogP contribution is -2.49. The third-order valence-corrected chi connectivity index (χ3v) is 3.18. The fraction of sp³-hybridized carbons (Fsp3) is 0.667. The summed E-state index contributed by atoms with van der Waals surface area (Å²) in [6, 6.07) is -1.10. The van der Waals surface area contributed by atoms with Crippen LogP contribution in [0.3, 0.4) is 0 Å². The minimum Gasteiger partial charge on any atom is -0.480 e. The Labute approximate surface area is 109 Å². The van der Waals surface area contributed by atoms with Crippen LogP contribution in [0.15, 0.2) is 0 Å². The maximum absolute atomic E-state index is 11.4. The van der Waals surface area contributed by atoms with Gasteiger partial charge in [0.05, 0.1) is 6.10 Å². The Morgan fingerprint density at radius 3 is 2.47 bits per heavy atom. The summed E-state index contributed by atoms with van der Waals surface area (Å²) in [6.45, 7) is 1.48. The summed E-state index contributed by atoms with van der Waals surface area (Å²) in [5, 5.41) is 22.6. The van der Waals surface area contributed by atoms with Gasteiger partial charge in [-0.1, -0.05) is 12.2 Å². The highest BCUT2D eigenvalue weighted by Crippen LogP contribution is 2.08. The van der Waals surface area contributed by atoms with Crippen LogP contribution < -0.4 is 10.6 Å². The lowest BCUT2D eigenvalue weighted by atomic mass is 10.2. The molecule has 0 saturated heterocycles. The van der Waals surface area contributed by atoms with Gasteiger partial charge in [-0.25, -0.2) is 0 Å². The van der Waals surface area contributed by atoms with E-state index in [1.54, 1.807) is 0 Å². The Morgan fingerprint density at radius 2 is 2.12 bits per heavy atom. The third kappa shape index (κ3) is 5.97. The van der Waals surface area contributed by atoms with E-state index in [0.717, 1.165) is 11.8 Å². The Morgan fingerprint density at radius 1 is 1.53 bits per heavy atom. The van der Waals surface area contributed by atoms with Crippen molar-refractivity contribution in [1.29, 1.82) is 0 Å². The predicted octanol–water partition coefficient (Wildman–Crippen LogP) is -0.785. The van der Waals surface area contributed by atoms with Gasteiger partial charge in [0.2, 0.25) is 5.91 Å². The molecular formula is C9H16N2O4S2. The lowest BCUT2D eigenvalue weighted by molar-refractivity contribution is -0.142. The molecule has 0 aliphatic heterocycles. The van der Waals surface area contributed by atoms with Gasteiger partial charge in [0.15, 0.2) is 0 Å². The Bertz CT molecular complexity index is 286. The molecule has 0 aromatic rings. The van der Waals surface area contributed by atoms with Crippen LogP contribution in [0.1, 0.15) is 6.92 Å². The third-order valence-electron chi connectivity index (χ3n) is 2.03. The van der Waals surface area contributed by atoms with Gasteiger partial charge in [-0.15, -0.1) is 11.8 Å². The van der Waals surface area contributed by atoms with Gasteiger partial charge in [0, 0.05) is 18.3 Å². The fourth-order valence-electron chi connectivity index (χ4n) is 1.13. The first kappa shape index (κ1) is 16.3. The molecular weight excluding hydrogens is 264 g/mol. The zero-order valence-corrected chi connectivity index (χ0v) is 11.2. The fourth-order valence-corrected chi connectivity index (χ4v) is 2.10. The van der Waals surface area contributed by atoms with E-state index in [1.807, 2.05) is 0 Å². The molecule has 0 fully saturated rings. The van der Waals surface area contributed by atoms with E-state index in [2.05, 4.69) is 22.9 Å². The monoisotopic (exact) mass is 280 g/mol. The zero-order chi connectivity index (χ0) is 13.4. The molecule has 0 aromatic carbocycles. The van der Waals surface area contributed by atoms with Crippen molar-refractivity contribution in [2.75, 3.05) is 13.6 Å². The van der Waals surface area contributed by atoms with Crippen LogP contribution in [-0.4, -0.2) is 57.8 Å². The second kappa shape index (κ2) is 8.40. The van der Waals surface area contributed by atoms with Gasteiger partial charge in [0.25, 0.3) is 0 Å². The highest BCUT2D eigenvalue weighted by Gasteiger charge is 2.25. The number of thiocarbonyl (C=S) groups is 1. The number of carboxylic acid groups (broad SMARTS) is 1. The van der Waals surface area contributed by atoms with E-state index < -0.39 is 23.4 Å². The molecule has 3 atom stereocenters. The first-order chi connectivity index (χ1) is 7.93. The molecule has 3 unspecified atom stereocenters. The number of aliphatic hydroxyl groups excluding tert-OH is 1. The summed E-state index contributed by atoms with van der Waals surface area (Å²) in [6.07, 6.45) is -1.05. The number of thioether (sulfide) groups is 1. The molecule has 0 radical (unpaired) electrons. The molecule has 0 aliphatic carbocycles. The quantitative estimate of drug-likeness (QED) is 0.433. The van der Waals surface area contributed by atoms with Crippen LogP contribution >= 0.6 is 24.0 Å². The van der Waals surface area contributed by atoms with Crippen molar-refractivity contribution in [3.63, 3.8) is 0 Å². The molecule has 8 heteroatoms. The minimum atomic E-state index is -1.16. The van der Waals surface area contributed by atoms with E-state index in [4.69, 9.17) is 5.11 Å². The average molecular weight is 280 g/mol. The first-order valence-corrected chi connectivity index (χ1v) is 6.30. The predicted molar refractivity (Wildman–Crippen MR) is 70.2 cm³/mol. The average Bonchev–Trinajstić information content (AvgIpc) is 2.26. The van der Waals surface area contributed by atoms with Gasteiger partial charge < -0.3 is 20.8 Å². The molecule has 17 heavy (non-hydrogen) atoms. The number of carbonyl (C=O) groups is 2. The van der Waals surface area contributed by atoms with Crippen molar-refractivity contribution in [1.82, 2.24) is 10.6 Å². The largest absolute Gasteiger partial charge is 0.480 e. The minimum absolute atomic E-state index is 0.110. The number of aliphatic carboxylic acids is 1. The Hall–Kier alpha value is -0.700. The Balaban J connectivity index is 4.41. The van der Waals surface area contributed by atoms with Gasteiger partial charge >= 0.3 is 5.97 Å². The van der Waals surface area contributed by atoms with Crippen LogP contribution in [0.5, 0.6) is 0 Å². The molecule has 0 spiro atoms. The number of hydrogen-bond acceptors (Lipinski definition) is 6. The number of nitrogens with one attached hydrogen (secondary N) is 2. The van der Waals surface area contributed by atoms with Crippen LogP contribution in [0.25, 0.3) is 0 Å². The molecule has 6 nitrogen and oxygen atoms in total. The molecule has 0 heterocycles. The number of aliphatic hydroxyl groups is 1. The molecule has 1 amide bonds. The van der Waals surface area contributed by atoms with E-state index in [9.17, 15) is 14.7 Å². The summed E-state index contributed by atoms with van der Waals surface area (Å²) in [5.41, 5.74) is 0. The first-order valence-electron chi connectivity index (χ1n) is 4.89. The summed E-state index contributed by atoms with van der Waals surface area (Å²) < 4.78 is 1.35. The number of carboxylic acids is 1. The van der Waals surface area contributed by atoms with Crippen LogP contribution in [0.4, 0.5) is 0 Å². The number of rotatable bonds is 8. The standard InChI is InChI=1S/C9H16N2O4S2/c1-5(12)7(9(14)15)11-3-6(17-4-16)8(13)10-2/h4-7,11-12H,3H2,1-2H3,(H,10,13)(H,14,15). The molecule has 0 aliphatic rings. The van der Waals surface area contributed by atoms with Crippen molar-refractivity contribution in [2.45, 2.75) is 24.3 Å². The zero-order valence-electron chi connectivity index (χ0n) is 9.54. The summed E-state index contributed by atoms with van der Waals surface area (Å²) >= 11 is 5.76. The van der Waals surface area contributed by atoms with Crippen molar-refractivity contribution < 1.29 is 19.8 Å². The maximum atomic E-state index is 11.4. The summed E-state index contributed by atoms with van der Waals surface area (Å²) in [5.74, 6) is -1.42. The molecule has 4 N–H and O–H groups in total. The topological polar surface area (TPSA) is 98.7 Å². The molecule has 0 rings (SSSR count). The SMILES string of the molecule is CNC(=O)C(CNC(C(=O)O)C(C)O)SC=S. The second-order valence-electron chi connectivity index (χ2n) is 3.30. The van der Waals surface area contributed by atoms with Gasteiger partial charge in [-0.2, -0.15) is 0 Å². The van der Waals surface area contributed by atoms with Crippen molar-refractivity contribution in [3.8, 4) is 0 Å². The highest BCUT2D eigenvalue weighted by atomic mass is 32.2. The van der Waals surface area contributed by atoms with E-state index in [1.165, 1.54) is 18.7 Å². The highest BCUT2D eigenvalue weighted by molar-refractivity contribution is 8.21. The Kier molecular flexibility index (Phi) is 8.05. The van der Waals surface area contributed by atoms with Gasteiger partial charge in [0.1, 0.15) is 11.3 Å². The molecule has 98 valence electrons. The number of hydrogen-bond donors (Lipinski definition) is 4. The smallest absolute Gasteiger partial charge is 0.323 e. The second-order valence-corrected chi connectivity index (χ2v) is 4.91. The molecule has 0 saturated carbocycles. The van der Waals surface area contributed by atoms with Crippen LogP contribution in [0, 0.1) is 0 Å². The van der Waals surface area contributed by atoms with Crippen LogP contribution in [-0.2, 0) is 9.59 Å². The molecule has 0 aromatic heterocycles. The van der Waals surface area contributed by atoms with E-state index in [0.29, 0.717) is 0 Å². The van der Waals surface area contributed by atoms with E-state index in [-0.39, 0.29) is 12.5 Å². The lowest BCUT2D eigenvalue weighted by Gasteiger charge is -2.20. The van der Waals surface area contributed by atoms with Gasteiger partial charge in [-0.05, 0) is 6.92 Å². The maximum Gasteiger partial charge on any atom is 0.323 e.